The van der Waals surface area contributed by atoms with Crippen LogP contribution in [0.1, 0.15) is 30.4 Å². The minimum Gasteiger partial charge on any atom is -0.341 e. The van der Waals surface area contributed by atoms with Crippen molar-refractivity contribution in [2.24, 2.45) is 4.99 Å². The Morgan fingerprint density at radius 1 is 1.07 bits per heavy atom. The van der Waals surface area contributed by atoms with Crippen molar-refractivity contribution in [1.82, 2.24) is 19.6 Å². The molecule has 0 N–H and O–H groups in total. The van der Waals surface area contributed by atoms with Gasteiger partial charge in [-0.2, -0.15) is 5.10 Å². The van der Waals surface area contributed by atoms with E-state index in [4.69, 9.17) is 0 Å². The molecule has 5 rings (SSSR count). The van der Waals surface area contributed by atoms with Crippen molar-refractivity contribution >= 4 is 23.6 Å². The molecule has 3 aliphatic heterocycles. The van der Waals surface area contributed by atoms with Crippen LogP contribution in [0.5, 0.6) is 0 Å². The number of hydrogen-bond donors (Lipinski definition) is 0. The van der Waals surface area contributed by atoms with Crippen LogP contribution in [0.15, 0.2) is 35.5 Å². The van der Waals surface area contributed by atoms with Crippen LogP contribution < -0.4 is 4.90 Å². The summed E-state index contributed by atoms with van der Waals surface area (Å²) in [4.78, 5) is 35.9. The van der Waals surface area contributed by atoms with Crippen molar-refractivity contribution in [1.29, 1.82) is 0 Å². The topological polar surface area (TPSA) is 74.0 Å². The van der Waals surface area contributed by atoms with Crippen LogP contribution in [0, 0.1) is 6.92 Å². The zero-order valence-corrected chi connectivity index (χ0v) is 16.5. The van der Waals surface area contributed by atoms with Crippen LogP contribution in [0.2, 0.25) is 0 Å². The Morgan fingerprint density at radius 3 is 2.59 bits per heavy atom. The van der Waals surface area contributed by atoms with Gasteiger partial charge in [-0.1, -0.05) is 17.7 Å². The van der Waals surface area contributed by atoms with Crippen molar-refractivity contribution < 1.29 is 9.59 Å². The number of piperidine rings is 1. The average molecular weight is 392 g/mol. The lowest BCUT2D eigenvalue weighted by atomic mass is 10.1. The summed E-state index contributed by atoms with van der Waals surface area (Å²) >= 11 is 0. The molecule has 0 unspecified atom stereocenters. The lowest BCUT2D eigenvalue weighted by Crippen LogP contribution is -2.54. The highest BCUT2D eigenvalue weighted by atomic mass is 16.2. The third kappa shape index (κ3) is 2.99. The molecule has 1 aromatic heterocycles. The lowest BCUT2D eigenvalue weighted by Gasteiger charge is -2.35. The maximum Gasteiger partial charge on any atom is 0.331 e. The number of carbonyl (C=O) groups excluding carboxylic acids is 2. The summed E-state index contributed by atoms with van der Waals surface area (Å²) in [6, 6.07) is 7.77. The van der Waals surface area contributed by atoms with E-state index < -0.39 is 0 Å². The number of urea groups is 1. The Bertz CT molecular complexity index is 987. The van der Waals surface area contributed by atoms with E-state index in [1.165, 1.54) is 0 Å². The fourth-order valence-electron chi connectivity index (χ4n) is 4.26. The van der Waals surface area contributed by atoms with E-state index in [-0.39, 0.29) is 18.5 Å². The number of aromatic nitrogens is 2. The molecule has 3 amide bonds. The Labute approximate surface area is 169 Å². The quantitative estimate of drug-likeness (QED) is 0.804. The van der Waals surface area contributed by atoms with E-state index in [0.29, 0.717) is 24.7 Å². The highest BCUT2D eigenvalue weighted by molar-refractivity contribution is 6.20. The predicted octanol–water partition coefficient (Wildman–Crippen LogP) is 2.20. The summed E-state index contributed by atoms with van der Waals surface area (Å²) in [6.45, 7) is 4.69. The molecule has 29 heavy (non-hydrogen) atoms. The van der Waals surface area contributed by atoms with Gasteiger partial charge in [0.2, 0.25) is 5.91 Å². The van der Waals surface area contributed by atoms with Gasteiger partial charge < -0.3 is 4.90 Å². The highest BCUT2D eigenvalue weighted by Gasteiger charge is 2.41. The van der Waals surface area contributed by atoms with Gasteiger partial charge in [-0.3, -0.25) is 19.6 Å². The molecule has 0 bridgehead atoms. The van der Waals surface area contributed by atoms with Crippen molar-refractivity contribution in [3.05, 3.63) is 41.6 Å². The van der Waals surface area contributed by atoms with Crippen molar-refractivity contribution in [2.75, 3.05) is 37.6 Å². The van der Waals surface area contributed by atoms with Crippen LogP contribution in [0.3, 0.4) is 0 Å². The normalized spacial score (nSPS) is 18.6. The molecule has 2 aromatic rings. The molecule has 0 radical (unpaired) electrons. The molecular formula is C21H24N6O2. The molecule has 1 aromatic carbocycles. The molecule has 4 heterocycles. The second kappa shape index (κ2) is 7.02. The first kappa shape index (κ1) is 17.9. The fraction of sp³-hybridized carbons (Fsp3) is 0.429. The molecular weight excluding hydrogens is 368 g/mol. The standard InChI is InChI=1S/C21H24N6O2/c1-15-5-7-16(8-6-15)27-20-17(13-23-27)19-22-9-12-25(19)21(29)26(20)14-18(28)24-10-3-2-4-11-24/h5-8,13H,2-4,9-12,14H2,1H3. The molecule has 8 nitrogen and oxygen atoms in total. The first-order valence-electron chi connectivity index (χ1n) is 10.2. The third-order valence-corrected chi connectivity index (χ3v) is 5.82. The number of nitrogens with zero attached hydrogens (tertiary/aromatic N) is 6. The minimum atomic E-state index is -0.201. The monoisotopic (exact) mass is 392 g/mol. The van der Waals surface area contributed by atoms with E-state index in [9.17, 15) is 9.59 Å². The van der Waals surface area contributed by atoms with Gasteiger partial charge >= 0.3 is 6.03 Å². The third-order valence-electron chi connectivity index (χ3n) is 5.82. The lowest BCUT2D eigenvalue weighted by molar-refractivity contribution is -0.130. The van der Waals surface area contributed by atoms with Gasteiger partial charge in [-0.05, 0) is 38.3 Å². The van der Waals surface area contributed by atoms with E-state index in [2.05, 4.69) is 10.1 Å². The Kier molecular flexibility index (Phi) is 4.34. The van der Waals surface area contributed by atoms with Crippen molar-refractivity contribution in [2.45, 2.75) is 26.2 Å². The van der Waals surface area contributed by atoms with Crippen LogP contribution in [-0.4, -0.2) is 70.1 Å². The first-order valence-corrected chi connectivity index (χ1v) is 10.2. The maximum absolute atomic E-state index is 13.3. The molecule has 0 aliphatic carbocycles. The van der Waals surface area contributed by atoms with Crippen LogP contribution in [0.4, 0.5) is 10.6 Å². The summed E-state index contributed by atoms with van der Waals surface area (Å²) in [5.74, 6) is 1.27. The molecule has 1 fully saturated rings. The molecule has 8 heteroatoms. The summed E-state index contributed by atoms with van der Waals surface area (Å²) in [7, 11) is 0. The van der Waals surface area contributed by atoms with Gasteiger partial charge in [0.05, 0.1) is 24.0 Å². The second-order valence-corrected chi connectivity index (χ2v) is 7.80. The predicted molar refractivity (Wildman–Crippen MR) is 110 cm³/mol. The summed E-state index contributed by atoms with van der Waals surface area (Å²) < 4.78 is 1.74. The molecule has 0 saturated carbocycles. The van der Waals surface area contributed by atoms with Gasteiger partial charge in [0.15, 0.2) is 5.82 Å². The van der Waals surface area contributed by atoms with Crippen LogP contribution in [0.25, 0.3) is 5.69 Å². The average Bonchev–Trinajstić information content (AvgIpc) is 3.39. The SMILES string of the molecule is Cc1ccc(-n2ncc3c2N(CC(=O)N2CCCCC2)C(=O)N2CCN=C32)cc1. The second-order valence-electron chi connectivity index (χ2n) is 7.80. The maximum atomic E-state index is 13.3. The van der Waals surface area contributed by atoms with Gasteiger partial charge in [0, 0.05) is 19.6 Å². The summed E-state index contributed by atoms with van der Waals surface area (Å²) in [5.41, 5.74) is 2.80. The molecule has 150 valence electrons. The van der Waals surface area contributed by atoms with Crippen molar-refractivity contribution in [3.8, 4) is 5.69 Å². The highest BCUT2D eigenvalue weighted by Crippen LogP contribution is 2.33. The fourth-order valence-corrected chi connectivity index (χ4v) is 4.26. The number of aryl methyl sites for hydroxylation is 1. The zero-order valence-electron chi connectivity index (χ0n) is 16.5. The molecule has 3 aliphatic rings. The Hall–Kier alpha value is -3.16. The first-order chi connectivity index (χ1) is 14.1. The number of rotatable bonds is 3. The Balaban J connectivity index is 1.55. The van der Waals surface area contributed by atoms with Gasteiger partial charge in [0.25, 0.3) is 0 Å². The number of anilines is 1. The minimum absolute atomic E-state index is 0.0137. The largest absolute Gasteiger partial charge is 0.341 e. The van der Waals surface area contributed by atoms with Gasteiger partial charge in [0.1, 0.15) is 12.4 Å². The number of benzene rings is 1. The van der Waals surface area contributed by atoms with Crippen molar-refractivity contribution in [3.63, 3.8) is 0 Å². The van der Waals surface area contributed by atoms with E-state index in [1.54, 1.807) is 20.7 Å². The van der Waals surface area contributed by atoms with E-state index in [1.807, 2.05) is 36.1 Å². The summed E-state index contributed by atoms with van der Waals surface area (Å²) in [6.07, 6.45) is 4.95. The van der Waals surface area contributed by atoms with E-state index in [0.717, 1.165) is 49.2 Å². The number of fused-ring (bicyclic) bond motifs is 3. The summed E-state index contributed by atoms with van der Waals surface area (Å²) in [5, 5.41) is 4.55. The van der Waals surface area contributed by atoms with Gasteiger partial charge in [-0.25, -0.2) is 9.48 Å². The smallest absolute Gasteiger partial charge is 0.331 e. The number of carbonyl (C=O) groups is 2. The van der Waals surface area contributed by atoms with Crippen LogP contribution in [-0.2, 0) is 4.79 Å². The zero-order chi connectivity index (χ0) is 20.0. The number of likely N-dealkylation sites (tertiary alicyclic amines) is 1. The number of amidine groups is 1. The Morgan fingerprint density at radius 2 is 1.83 bits per heavy atom. The number of hydrogen-bond acceptors (Lipinski definition) is 4. The number of aliphatic imine (C=N–C) groups is 1. The molecule has 0 spiro atoms. The van der Waals surface area contributed by atoms with Gasteiger partial charge in [-0.15, -0.1) is 0 Å². The van der Waals surface area contributed by atoms with E-state index >= 15 is 0 Å². The molecule has 1 saturated heterocycles. The molecule has 0 atom stereocenters. The van der Waals surface area contributed by atoms with Crippen LogP contribution >= 0.6 is 0 Å². The number of amides is 3.